The highest BCUT2D eigenvalue weighted by Crippen LogP contribution is 2.07. The fourth-order valence-electron chi connectivity index (χ4n) is 2.07. The van der Waals surface area contributed by atoms with E-state index in [1.54, 1.807) is 0 Å². The van der Waals surface area contributed by atoms with Crippen molar-refractivity contribution in [3.63, 3.8) is 0 Å². The molecule has 0 saturated carbocycles. The van der Waals surface area contributed by atoms with Gasteiger partial charge in [-0.15, -0.1) is 0 Å². The third kappa shape index (κ3) is 4.76. The smallest absolute Gasteiger partial charge is 0.0159 e. The molecule has 0 bridgehead atoms. The van der Waals surface area contributed by atoms with Crippen LogP contribution in [0.3, 0.4) is 0 Å². The summed E-state index contributed by atoms with van der Waals surface area (Å²) in [5.41, 5.74) is 0. The van der Waals surface area contributed by atoms with Crippen LogP contribution in [0.25, 0.3) is 0 Å². The van der Waals surface area contributed by atoms with Crippen LogP contribution in [0.1, 0.15) is 26.2 Å². The predicted molar refractivity (Wildman–Crippen MR) is 66.2 cm³/mol. The van der Waals surface area contributed by atoms with Crippen molar-refractivity contribution in [2.45, 2.75) is 26.2 Å². The highest BCUT2D eigenvalue weighted by atomic mass is 79.9. The molecule has 1 aliphatic heterocycles. The first-order valence-electron chi connectivity index (χ1n) is 5.87. The third-order valence-corrected chi connectivity index (χ3v) is 3.35. The van der Waals surface area contributed by atoms with Gasteiger partial charge in [-0.2, -0.15) is 0 Å². The topological polar surface area (TPSA) is 6.48 Å². The summed E-state index contributed by atoms with van der Waals surface area (Å²) in [5.74, 6) is 0. The molecule has 1 rings (SSSR count). The molecule has 14 heavy (non-hydrogen) atoms. The lowest BCUT2D eigenvalue weighted by atomic mass is 10.3. The second-order valence-electron chi connectivity index (χ2n) is 4.03. The van der Waals surface area contributed by atoms with Gasteiger partial charge in [0.05, 0.1) is 0 Å². The Balaban J connectivity index is 2.00. The molecule has 0 amide bonds. The molecule has 1 aliphatic rings. The molecular weight excluding hydrogens is 240 g/mol. The van der Waals surface area contributed by atoms with Crippen LogP contribution in [-0.4, -0.2) is 54.4 Å². The van der Waals surface area contributed by atoms with Crippen molar-refractivity contribution in [3.8, 4) is 0 Å². The molecule has 84 valence electrons. The van der Waals surface area contributed by atoms with E-state index in [1.165, 1.54) is 58.5 Å². The quantitative estimate of drug-likeness (QED) is 0.650. The summed E-state index contributed by atoms with van der Waals surface area (Å²) < 4.78 is 0. The van der Waals surface area contributed by atoms with Crippen molar-refractivity contribution in [1.29, 1.82) is 0 Å². The number of rotatable bonds is 7. The van der Waals surface area contributed by atoms with Gasteiger partial charge in [-0.3, -0.25) is 0 Å². The molecule has 1 fully saturated rings. The Morgan fingerprint density at radius 1 is 1.21 bits per heavy atom. The molecule has 1 heterocycles. The number of alkyl halides is 1. The number of hydrogen-bond acceptors (Lipinski definition) is 2. The zero-order chi connectivity index (χ0) is 10.2. The Morgan fingerprint density at radius 2 is 1.93 bits per heavy atom. The molecule has 2 nitrogen and oxygen atoms in total. The third-order valence-electron chi connectivity index (χ3n) is 3.00. The minimum atomic E-state index is 1.10. The van der Waals surface area contributed by atoms with Crippen molar-refractivity contribution in [2.24, 2.45) is 0 Å². The van der Waals surface area contributed by atoms with Crippen LogP contribution < -0.4 is 0 Å². The predicted octanol–water partition coefficient (Wildman–Crippen LogP) is 2.19. The summed E-state index contributed by atoms with van der Waals surface area (Å²) in [6, 6.07) is 0. The first-order valence-corrected chi connectivity index (χ1v) is 6.99. The second kappa shape index (κ2) is 7.66. The fraction of sp³-hybridized carbons (Fsp3) is 1.00. The van der Waals surface area contributed by atoms with Gasteiger partial charge in [0.1, 0.15) is 0 Å². The molecule has 0 aromatic carbocycles. The van der Waals surface area contributed by atoms with E-state index in [4.69, 9.17) is 0 Å². The SMILES string of the molecule is CCN(CCBr)CCCN1CCCC1. The molecule has 3 heteroatoms. The number of likely N-dealkylation sites (tertiary alicyclic amines) is 1. The van der Waals surface area contributed by atoms with Gasteiger partial charge in [-0.25, -0.2) is 0 Å². The van der Waals surface area contributed by atoms with E-state index in [2.05, 4.69) is 32.7 Å². The number of nitrogens with zero attached hydrogens (tertiary/aromatic N) is 2. The van der Waals surface area contributed by atoms with Crippen molar-refractivity contribution < 1.29 is 0 Å². The van der Waals surface area contributed by atoms with Gasteiger partial charge in [0, 0.05) is 11.9 Å². The normalized spacial score (nSPS) is 18.2. The summed E-state index contributed by atoms with van der Waals surface area (Å²) in [7, 11) is 0. The molecule has 0 unspecified atom stereocenters. The van der Waals surface area contributed by atoms with Crippen molar-refractivity contribution in [3.05, 3.63) is 0 Å². The lowest BCUT2D eigenvalue weighted by molar-refractivity contribution is 0.265. The molecule has 0 aliphatic carbocycles. The van der Waals surface area contributed by atoms with E-state index in [9.17, 15) is 0 Å². The summed E-state index contributed by atoms with van der Waals surface area (Å²) in [5, 5.41) is 1.10. The highest BCUT2D eigenvalue weighted by molar-refractivity contribution is 9.09. The first-order chi connectivity index (χ1) is 6.86. The van der Waals surface area contributed by atoms with Crippen LogP contribution in [0.5, 0.6) is 0 Å². The average Bonchev–Trinajstić information content (AvgIpc) is 2.69. The molecule has 0 radical (unpaired) electrons. The van der Waals surface area contributed by atoms with Gasteiger partial charge < -0.3 is 9.80 Å². The summed E-state index contributed by atoms with van der Waals surface area (Å²) in [6.07, 6.45) is 4.17. The highest BCUT2D eigenvalue weighted by Gasteiger charge is 2.10. The monoisotopic (exact) mass is 262 g/mol. The van der Waals surface area contributed by atoms with E-state index in [1.807, 2.05) is 0 Å². The Morgan fingerprint density at radius 3 is 2.50 bits per heavy atom. The lowest BCUT2D eigenvalue weighted by Crippen LogP contribution is -2.30. The van der Waals surface area contributed by atoms with E-state index >= 15 is 0 Å². The van der Waals surface area contributed by atoms with Crippen LogP contribution in [-0.2, 0) is 0 Å². The number of halogens is 1. The maximum Gasteiger partial charge on any atom is 0.0159 e. The Kier molecular flexibility index (Phi) is 6.82. The van der Waals surface area contributed by atoms with Crippen molar-refractivity contribution in [2.75, 3.05) is 44.6 Å². The number of hydrogen-bond donors (Lipinski definition) is 0. The van der Waals surface area contributed by atoms with Gasteiger partial charge in [0.2, 0.25) is 0 Å². The molecule has 0 aromatic rings. The summed E-state index contributed by atoms with van der Waals surface area (Å²) in [6.45, 7) is 9.87. The standard InChI is InChI=1S/C11H23BrN2/c1-2-13(11-6-12)9-5-10-14-7-3-4-8-14/h2-11H2,1H3. The van der Waals surface area contributed by atoms with Gasteiger partial charge >= 0.3 is 0 Å². The zero-order valence-electron chi connectivity index (χ0n) is 9.34. The Bertz CT molecular complexity index is 135. The average molecular weight is 263 g/mol. The van der Waals surface area contributed by atoms with Crippen LogP contribution in [0.4, 0.5) is 0 Å². The maximum absolute atomic E-state index is 3.50. The van der Waals surface area contributed by atoms with Gasteiger partial charge in [0.15, 0.2) is 0 Å². The first kappa shape index (κ1) is 12.5. The van der Waals surface area contributed by atoms with Crippen LogP contribution in [0.15, 0.2) is 0 Å². The maximum atomic E-state index is 3.50. The van der Waals surface area contributed by atoms with Crippen LogP contribution in [0, 0.1) is 0 Å². The lowest BCUT2D eigenvalue weighted by Gasteiger charge is -2.21. The fourth-order valence-corrected chi connectivity index (χ4v) is 2.57. The van der Waals surface area contributed by atoms with Crippen molar-refractivity contribution >= 4 is 15.9 Å². The van der Waals surface area contributed by atoms with E-state index in [-0.39, 0.29) is 0 Å². The van der Waals surface area contributed by atoms with E-state index < -0.39 is 0 Å². The molecular formula is C11H23BrN2. The zero-order valence-corrected chi connectivity index (χ0v) is 10.9. The van der Waals surface area contributed by atoms with Crippen LogP contribution in [0.2, 0.25) is 0 Å². The van der Waals surface area contributed by atoms with Crippen molar-refractivity contribution in [1.82, 2.24) is 9.80 Å². The minimum absolute atomic E-state index is 1.10. The van der Waals surface area contributed by atoms with Gasteiger partial charge in [-0.1, -0.05) is 22.9 Å². The minimum Gasteiger partial charge on any atom is -0.303 e. The molecule has 1 saturated heterocycles. The van der Waals surface area contributed by atoms with Crippen LogP contribution >= 0.6 is 15.9 Å². The summed E-state index contributed by atoms with van der Waals surface area (Å²) >= 11 is 3.50. The molecule has 0 atom stereocenters. The van der Waals surface area contributed by atoms with Gasteiger partial charge in [-0.05, 0) is 52.0 Å². The van der Waals surface area contributed by atoms with E-state index in [0.29, 0.717) is 0 Å². The second-order valence-corrected chi connectivity index (χ2v) is 4.82. The van der Waals surface area contributed by atoms with E-state index in [0.717, 1.165) is 5.33 Å². The largest absolute Gasteiger partial charge is 0.303 e. The molecule has 0 aromatic heterocycles. The van der Waals surface area contributed by atoms with Gasteiger partial charge in [0.25, 0.3) is 0 Å². The Labute approximate surface area is 96.8 Å². The Hall–Kier alpha value is 0.400. The molecule has 0 N–H and O–H groups in total. The molecule has 0 spiro atoms. The summed E-state index contributed by atoms with van der Waals surface area (Å²) in [4.78, 5) is 5.12.